The van der Waals surface area contributed by atoms with E-state index in [-0.39, 0.29) is 42.4 Å². The number of alkyl halides is 1. The minimum Gasteiger partial charge on any atom is -0.481 e. The van der Waals surface area contributed by atoms with Gasteiger partial charge in [-0.05, 0) is 74.5 Å². The molecule has 0 spiro atoms. The molecule has 0 radical (unpaired) electrons. The first kappa shape index (κ1) is 25.8. The Morgan fingerprint density at radius 3 is 2.60 bits per heavy atom. The predicted molar refractivity (Wildman–Crippen MR) is 132 cm³/mol. The van der Waals surface area contributed by atoms with Crippen LogP contribution in [0.25, 0.3) is 0 Å². The topological polar surface area (TPSA) is 72.8 Å². The molecule has 5 atom stereocenters. The Bertz CT molecular complexity index is 894. The summed E-state index contributed by atoms with van der Waals surface area (Å²) in [5.74, 6) is -1.28. The minimum absolute atomic E-state index is 0.0661. The zero-order valence-corrected chi connectivity index (χ0v) is 20.3. The van der Waals surface area contributed by atoms with E-state index >= 15 is 4.39 Å². The Labute approximate surface area is 207 Å². The molecule has 4 rings (SSSR count). The number of benzene rings is 1. The van der Waals surface area contributed by atoms with Crippen LogP contribution in [0.15, 0.2) is 48.6 Å². The lowest BCUT2D eigenvalue weighted by Gasteiger charge is -2.29. The van der Waals surface area contributed by atoms with Gasteiger partial charge in [0.2, 0.25) is 0 Å². The fraction of sp³-hybridized carbons (Fsp3) is 0.586. The molecule has 1 saturated heterocycles. The lowest BCUT2D eigenvalue weighted by atomic mass is 9.89. The van der Waals surface area contributed by atoms with Gasteiger partial charge in [0.15, 0.2) is 12.1 Å². The molecule has 190 valence electrons. The molecule has 1 N–H and O–H groups in total. The monoisotopic (exact) mass is 484 g/mol. The van der Waals surface area contributed by atoms with Crippen LogP contribution >= 0.6 is 0 Å². The number of fused-ring (bicyclic) bond motifs is 1. The maximum atomic E-state index is 15.2. The number of rotatable bonds is 11. The van der Waals surface area contributed by atoms with Crippen molar-refractivity contribution < 1.29 is 28.6 Å². The Hall–Kier alpha value is -2.31. The molecule has 1 unspecified atom stereocenters. The molecule has 0 amide bonds. The average Bonchev–Trinajstić information content (AvgIpc) is 3.41. The first-order valence-electron chi connectivity index (χ1n) is 13.1. The molecule has 2 aliphatic carbocycles. The number of carboxylic acids is 1. The summed E-state index contributed by atoms with van der Waals surface area (Å²) in [5, 5.41) is 8.80. The molecule has 6 heteroatoms. The summed E-state index contributed by atoms with van der Waals surface area (Å²) in [6.07, 6.45) is 12.5. The van der Waals surface area contributed by atoms with E-state index in [0.717, 1.165) is 32.1 Å². The maximum absolute atomic E-state index is 15.2. The van der Waals surface area contributed by atoms with E-state index in [9.17, 15) is 9.59 Å². The lowest BCUT2D eigenvalue weighted by molar-refractivity contribution is -0.195. The summed E-state index contributed by atoms with van der Waals surface area (Å²) in [7, 11) is 0. The number of carbonyl (C=O) groups is 2. The molecule has 1 saturated carbocycles. The number of ketones is 1. The largest absolute Gasteiger partial charge is 0.481 e. The van der Waals surface area contributed by atoms with Gasteiger partial charge in [0.1, 0.15) is 6.17 Å². The van der Waals surface area contributed by atoms with Gasteiger partial charge in [0.25, 0.3) is 0 Å². The molecular formula is C29H37FO5. The van der Waals surface area contributed by atoms with Crippen molar-refractivity contribution in [2.24, 2.45) is 17.8 Å². The fourth-order valence-corrected chi connectivity index (χ4v) is 5.66. The van der Waals surface area contributed by atoms with Gasteiger partial charge < -0.3 is 14.6 Å². The van der Waals surface area contributed by atoms with Crippen molar-refractivity contribution in [3.8, 4) is 0 Å². The van der Waals surface area contributed by atoms with E-state index < -0.39 is 12.1 Å². The SMILES string of the molecule is O=C(O)CCC/C=C\C[C@@H]1[C@@H](/C=C/C(=O)C2Cc3ccccc3C2)[C@@H](F)C[C@@H]1OC1CCCCO1. The van der Waals surface area contributed by atoms with Gasteiger partial charge in [0.05, 0.1) is 6.10 Å². The standard InChI is InChI=1S/C29H37FO5/c30-25-19-27(35-29-13-7-8-16-34-29)24(11-3-1-2-4-12-28(32)33)23(25)14-15-26(31)22-17-20-9-5-6-10-21(20)18-22/h1,3,5-6,9-10,14-15,22-25,27,29H,2,4,7-8,11-13,16-19H2,(H,32,33)/b3-1-,15-14+/t23-,24-,25+,27+,29?/m1/s1. The van der Waals surface area contributed by atoms with E-state index in [2.05, 4.69) is 12.1 Å². The average molecular weight is 485 g/mol. The van der Waals surface area contributed by atoms with Gasteiger partial charge >= 0.3 is 5.97 Å². The number of ether oxygens (including phenoxy) is 2. The van der Waals surface area contributed by atoms with Gasteiger partial charge in [-0.2, -0.15) is 0 Å². The van der Waals surface area contributed by atoms with Crippen molar-refractivity contribution in [3.63, 3.8) is 0 Å². The Balaban J connectivity index is 1.39. The van der Waals surface area contributed by atoms with E-state index in [1.54, 1.807) is 12.2 Å². The van der Waals surface area contributed by atoms with E-state index in [1.807, 2.05) is 24.3 Å². The zero-order chi connectivity index (χ0) is 24.6. The maximum Gasteiger partial charge on any atom is 0.303 e. The molecule has 0 bridgehead atoms. The lowest BCUT2D eigenvalue weighted by Crippen LogP contribution is -2.31. The summed E-state index contributed by atoms with van der Waals surface area (Å²) in [6.45, 7) is 0.673. The Morgan fingerprint density at radius 1 is 1.14 bits per heavy atom. The molecule has 0 aromatic heterocycles. The number of carboxylic acid groups (broad SMARTS) is 1. The number of aliphatic carboxylic acids is 1. The smallest absolute Gasteiger partial charge is 0.303 e. The Kier molecular flexibility index (Phi) is 9.27. The summed E-state index contributed by atoms with van der Waals surface area (Å²) in [5.41, 5.74) is 2.46. The third-order valence-corrected chi connectivity index (χ3v) is 7.58. The number of halogens is 1. The normalized spacial score (nSPS) is 29.2. The number of carbonyl (C=O) groups excluding carboxylic acids is 1. The van der Waals surface area contributed by atoms with Gasteiger partial charge in [-0.25, -0.2) is 4.39 Å². The highest BCUT2D eigenvalue weighted by Gasteiger charge is 2.43. The van der Waals surface area contributed by atoms with Gasteiger partial charge in [0, 0.05) is 31.3 Å². The van der Waals surface area contributed by atoms with Crippen molar-refractivity contribution >= 4 is 11.8 Å². The van der Waals surface area contributed by atoms with E-state index in [1.165, 1.54) is 11.1 Å². The van der Waals surface area contributed by atoms with Crippen molar-refractivity contribution in [1.82, 2.24) is 0 Å². The zero-order valence-electron chi connectivity index (χ0n) is 20.3. The quantitative estimate of drug-likeness (QED) is 0.251. The molecule has 3 aliphatic rings. The summed E-state index contributed by atoms with van der Waals surface area (Å²) >= 11 is 0. The first-order valence-corrected chi connectivity index (χ1v) is 13.1. The minimum atomic E-state index is -1.07. The molecule has 1 aromatic carbocycles. The molecule has 35 heavy (non-hydrogen) atoms. The number of hydrogen-bond acceptors (Lipinski definition) is 4. The predicted octanol–water partition coefficient (Wildman–Crippen LogP) is 5.61. The second-order valence-electron chi connectivity index (χ2n) is 10.1. The molecule has 1 heterocycles. The van der Waals surface area contributed by atoms with Gasteiger partial charge in [-0.1, -0.05) is 42.5 Å². The first-order chi connectivity index (χ1) is 17.0. The van der Waals surface area contributed by atoms with Crippen LogP contribution in [0.1, 0.15) is 62.5 Å². The van der Waals surface area contributed by atoms with Crippen molar-refractivity contribution in [2.75, 3.05) is 6.61 Å². The second-order valence-corrected chi connectivity index (χ2v) is 10.1. The summed E-state index contributed by atoms with van der Waals surface area (Å²) < 4.78 is 27.2. The van der Waals surface area contributed by atoms with E-state index in [0.29, 0.717) is 32.3 Å². The van der Waals surface area contributed by atoms with Crippen LogP contribution in [0.2, 0.25) is 0 Å². The van der Waals surface area contributed by atoms with Gasteiger partial charge in [-0.3, -0.25) is 9.59 Å². The van der Waals surface area contributed by atoms with Gasteiger partial charge in [-0.15, -0.1) is 0 Å². The van der Waals surface area contributed by atoms with Crippen molar-refractivity contribution in [2.45, 2.75) is 82.8 Å². The molecule has 5 nitrogen and oxygen atoms in total. The molecule has 1 aliphatic heterocycles. The third-order valence-electron chi connectivity index (χ3n) is 7.58. The Morgan fingerprint density at radius 2 is 1.91 bits per heavy atom. The molecule has 1 aromatic rings. The van der Waals surface area contributed by atoms with Crippen molar-refractivity contribution in [3.05, 3.63) is 59.7 Å². The van der Waals surface area contributed by atoms with Crippen LogP contribution in [0.5, 0.6) is 0 Å². The molecular weight excluding hydrogens is 447 g/mol. The molecule has 2 fully saturated rings. The highest BCUT2D eigenvalue weighted by molar-refractivity contribution is 5.92. The van der Waals surface area contributed by atoms with Crippen molar-refractivity contribution in [1.29, 1.82) is 0 Å². The van der Waals surface area contributed by atoms with E-state index in [4.69, 9.17) is 14.6 Å². The number of allylic oxidation sites excluding steroid dienone is 4. The second kappa shape index (κ2) is 12.6. The highest BCUT2D eigenvalue weighted by Crippen LogP contribution is 2.41. The van der Waals surface area contributed by atoms with Crippen LogP contribution in [-0.4, -0.2) is 42.0 Å². The van der Waals surface area contributed by atoms with Crippen LogP contribution < -0.4 is 0 Å². The van der Waals surface area contributed by atoms with Crippen LogP contribution in [-0.2, 0) is 31.9 Å². The number of unbranched alkanes of at least 4 members (excludes halogenated alkanes) is 1. The van der Waals surface area contributed by atoms with Crippen LogP contribution in [0.3, 0.4) is 0 Å². The number of hydrogen-bond donors (Lipinski definition) is 1. The summed E-state index contributed by atoms with van der Waals surface area (Å²) in [4.78, 5) is 23.7. The fourth-order valence-electron chi connectivity index (χ4n) is 5.66. The highest BCUT2D eigenvalue weighted by atomic mass is 19.1. The van der Waals surface area contributed by atoms with Crippen LogP contribution in [0, 0.1) is 17.8 Å². The third kappa shape index (κ3) is 7.11. The summed E-state index contributed by atoms with van der Waals surface area (Å²) in [6, 6.07) is 8.16. The van der Waals surface area contributed by atoms with Crippen LogP contribution in [0.4, 0.5) is 4.39 Å².